The molecule has 6 amide bonds. The molecule has 4 fully saturated rings. The molecular weight excluding hydrogens is 1310 g/mol. The standard InChI is InChI=1S/C59H85FN12O26/c1-21(2)12-35(78)97-49-42(82)32(19-75)95-57(47(49)87)98-48-33(20-76)96-56(46(86)44(48)84)93-26-10-4-23(5-11-26)13-27-51(89)70-37(39(79)28-14-64-58(61)68-28)54(92)71-38(40(80)30-15-65-59(62)72(30)55-45(85)43(83)41(81)31(18-74)94-55)53(91)67-29(17-73)50(88)63-16-34(77)69-36(52(90)66-27)22(3)24-6-8-25(60)9-7-24/h4-11,21-22,27-33,36-49,55-57,73-76,79-87H,12-20H2,1-3H3,(H2,62,65)(H,63,88)(H,66,90)(H,67,91)(H,69,77)(H,70,89)(H,71,92)(H3,61,64,68). The number of hydrogen-bond donors (Lipinski definition) is 22. The lowest BCUT2D eigenvalue weighted by atomic mass is 9.92. The zero-order chi connectivity index (χ0) is 71.7. The van der Waals surface area contributed by atoms with Crippen LogP contribution in [0.15, 0.2) is 58.5 Å². The fraction of sp³-hybridized carbons (Fsp3) is 0.644. The third-order valence-corrected chi connectivity index (χ3v) is 17.4. The Hall–Kier alpha value is -7.68. The van der Waals surface area contributed by atoms with Gasteiger partial charge in [-0.05, 0) is 41.3 Å². The van der Waals surface area contributed by atoms with Crippen LogP contribution < -0.4 is 53.4 Å². The molecule has 98 heavy (non-hydrogen) atoms. The Kier molecular flexibility index (Phi) is 26.0. The summed E-state index contributed by atoms with van der Waals surface area (Å²) in [5, 5.41) is 159. The van der Waals surface area contributed by atoms with Gasteiger partial charge in [0, 0.05) is 18.8 Å². The lowest BCUT2D eigenvalue weighted by Gasteiger charge is -2.46. The summed E-state index contributed by atoms with van der Waals surface area (Å²) in [6.07, 6.45) is -32.3. The third kappa shape index (κ3) is 17.7. The molecule has 24 N–H and O–H groups in total. The lowest BCUT2D eigenvalue weighted by Crippen LogP contribution is -2.70. The summed E-state index contributed by atoms with van der Waals surface area (Å²) >= 11 is 0. The first-order valence-electron chi connectivity index (χ1n) is 31.3. The van der Waals surface area contributed by atoms with Crippen molar-refractivity contribution < 1.29 is 133 Å². The topological polar surface area (TPSA) is 602 Å². The minimum atomic E-state index is -2.38. The number of rotatable bonds is 20. The third-order valence-electron chi connectivity index (χ3n) is 17.4. The Labute approximate surface area is 557 Å². The highest BCUT2D eigenvalue weighted by Crippen LogP contribution is 2.33. The molecule has 0 aliphatic carbocycles. The molecule has 25 unspecified atom stereocenters. The number of hydrogen-bond acceptors (Lipinski definition) is 32. The average Bonchev–Trinajstić information content (AvgIpc) is 1.43. The van der Waals surface area contributed by atoms with Gasteiger partial charge in [0.2, 0.25) is 41.7 Å². The van der Waals surface area contributed by atoms with Crippen molar-refractivity contribution in [2.45, 2.75) is 186 Å². The molecular formula is C59H85FN12O26. The summed E-state index contributed by atoms with van der Waals surface area (Å²) in [5.41, 5.74) is 12.5. The maximum absolute atomic E-state index is 15.2. The van der Waals surface area contributed by atoms with Crippen LogP contribution in [0.3, 0.4) is 0 Å². The summed E-state index contributed by atoms with van der Waals surface area (Å²) in [6, 6.07) is -3.25. The summed E-state index contributed by atoms with van der Waals surface area (Å²) in [4.78, 5) is 109. The molecule has 38 nitrogen and oxygen atoms in total. The van der Waals surface area contributed by atoms with Gasteiger partial charge in [0.15, 0.2) is 30.5 Å². The molecule has 544 valence electrons. The molecule has 2 aromatic carbocycles. The Morgan fingerprint density at radius 3 is 1.84 bits per heavy atom. The number of amides is 6. The van der Waals surface area contributed by atoms with E-state index in [9.17, 15) is 94.7 Å². The fourth-order valence-corrected chi connectivity index (χ4v) is 11.9. The van der Waals surface area contributed by atoms with Crippen LogP contribution in [0.5, 0.6) is 5.75 Å². The van der Waals surface area contributed by atoms with Gasteiger partial charge in [-0.2, -0.15) is 0 Å². The lowest BCUT2D eigenvalue weighted by molar-refractivity contribution is -0.353. The number of nitrogens with one attached hydrogen (secondary N) is 7. The minimum Gasteiger partial charge on any atom is -0.462 e. The van der Waals surface area contributed by atoms with E-state index in [1.165, 1.54) is 43.3 Å². The number of aliphatic imine (C=N–C) groups is 2. The van der Waals surface area contributed by atoms with E-state index in [-0.39, 0.29) is 41.7 Å². The van der Waals surface area contributed by atoms with Gasteiger partial charge in [-0.15, -0.1) is 0 Å². The van der Waals surface area contributed by atoms with Gasteiger partial charge in [0.05, 0.1) is 58.1 Å². The van der Waals surface area contributed by atoms with Crippen LogP contribution in [-0.2, 0) is 63.7 Å². The second kappa shape index (κ2) is 33.5. The first-order valence-corrected chi connectivity index (χ1v) is 31.3. The molecule has 6 heterocycles. The molecule has 4 saturated heterocycles. The van der Waals surface area contributed by atoms with Gasteiger partial charge in [0.25, 0.3) is 0 Å². The number of guanidine groups is 2. The molecule has 0 aromatic heterocycles. The minimum absolute atomic E-state index is 0.109. The summed E-state index contributed by atoms with van der Waals surface area (Å²) in [5.74, 6) is -11.3. The summed E-state index contributed by atoms with van der Waals surface area (Å²) < 4.78 is 48.4. The average molecular weight is 1400 g/mol. The van der Waals surface area contributed by atoms with Gasteiger partial charge in [-0.25, -0.2) is 4.39 Å². The molecule has 2 aromatic rings. The van der Waals surface area contributed by atoms with Crippen molar-refractivity contribution in [3.63, 3.8) is 0 Å². The molecule has 6 aliphatic heterocycles. The van der Waals surface area contributed by atoms with Crippen molar-refractivity contribution in [1.82, 2.24) is 42.1 Å². The van der Waals surface area contributed by atoms with Crippen LogP contribution in [0.2, 0.25) is 0 Å². The molecule has 8 rings (SSSR count). The van der Waals surface area contributed by atoms with Crippen molar-refractivity contribution in [3.8, 4) is 5.75 Å². The molecule has 0 bridgehead atoms. The van der Waals surface area contributed by atoms with Crippen LogP contribution in [-0.4, -0.2) is 317 Å². The van der Waals surface area contributed by atoms with Gasteiger partial charge in [0.1, 0.15) is 121 Å². The fourth-order valence-electron chi connectivity index (χ4n) is 11.9. The van der Waals surface area contributed by atoms with E-state index in [0.717, 1.165) is 17.0 Å². The first kappa shape index (κ1) is 76.1. The SMILES string of the molecule is CC(C)CC(=O)OC1C(O)C(CO)OC(OC2C(CO)OC(Oc3ccc(CC4NC(=O)C(C(C)c5ccc(F)cc5)NC(=O)CNC(=O)C(CO)NC(=O)C(C(O)C5CN=C(N)N5C5OC(CO)C(O)C(O)C5O)NC(=O)C(C(O)C5CN=C(N)N5)NC4=O)cc3)C(O)C2O)C1O. The van der Waals surface area contributed by atoms with Crippen molar-refractivity contribution in [2.24, 2.45) is 27.4 Å². The molecule has 6 aliphatic rings. The highest BCUT2D eigenvalue weighted by Gasteiger charge is 2.55. The Balaban J connectivity index is 1.10. The largest absolute Gasteiger partial charge is 0.462 e. The predicted molar refractivity (Wildman–Crippen MR) is 326 cm³/mol. The number of esters is 1. The number of carbonyl (C=O) groups excluding carboxylic acids is 7. The molecule has 25 atom stereocenters. The molecule has 39 heteroatoms. The van der Waals surface area contributed by atoms with E-state index in [4.69, 9.17) is 39.9 Å². The highest BCUT2D eigenvalue weighted by atomic mass is 19.1. The quantitative estimate of drug-likeness (QED) is 0.0547. The van der Waals surface area contributed by atoms with Crippen LogP contribution in [0.1, 0.15) is 44.2 Å². The predicted octanol–water partition coefficient (Wildman–Crippen LogP) is -11.9. The second-order valence-corrected chi connectivity index (χ2v) is 24.8. The van der Waals surface area contributed by atoms with E-state index in [1.807, 2.05) is 0 Å². The number of halogens is 1. The maximum Gasteiger partial charge on any atom is 0.306 e. The van der Waals surface area contributed by atoms with E-state index < -0.39 is 252 Å². The van der Waals surface area contributed by atoms with E-state index >= 15 is 9.59 Å². The van der Waals surface area contributed by atoms with Crippen LogP contribution in [0.25, 0.3) is 0 Å². The molecule has 0 radical (unpaired) electrons. The van der Waals surface area contributed by atoms with Gasteiger partial charge >= 0.3 is 5.97 Å². The Morgan fingerprint density at radius 2 is 1.21 bits per heavy atom. The molecule has 0 spiro atoms. The number of nitrogens with two attached hydrogens (primary N) is 2. The van der Waals surface area contributed by atoms with E-state index in [1.54, 1.807) is 13.8 Å². The van der Waals surface area contributed by atoms with Crippen molar-refractivity contribution in [3.05, 3.63) is 65.5 Å². The van der Waals surface area contributed by atoms with Gasteiger partial charge in [-0.1, -0.05) is 45.0 Å². The summed E-state index contributed by atoms with van der Waals surface area (Å²) in [6.45, 7) is -0.898. The second-order valence-electron chi connectivity index (χ2n) is 24.8. The van der Waals surface area contributed by atoms with E-state index in [2.05, 4.69) is 47.2 Å². The van der Waals surface area contributed by atoms with E-state index in [0.29, 0.717) is 0 Å². The number of nitrogens with zero attached hydrogens (tertiary/aromatic N) is 3. The number of aliphatic hydroxyl groups excluding tert-OH is 13. The number of benzene rings is 2. The highest BCUT2D eigenvalue weighted by molar-refractivity contribution is 5.98. The van der Waals surface area contributed by atoms with Crippen LogP contribution in [0.4, 0.5) is 4.39 Å². The first-order chi connectivity index (χ1) is 46.5. The van der Waals surface area contributed by atoms with Gasteiger partial charge in [-0.3, -0.25) is 43.5 Å². The number of carbonyl (C=O) groups is 7. The zero-order valence-electron chi connectivity index (χ0n) is 53.0. The Morgan fingerprint density at radius 1 is 0.612 bits per heavy atom. The molecule has 0 saturated carbocycles. The summed E-state index contributed by atoms with van der Waals surface area (Å²) in [7, 11) is 0. The maximum atomic E-state index is 15.2. The normalized spacial score (nSPS) is 35.7. The number of ether oxygens (including phenoxy) is 6. The van der Waals surface area contributed by atoms with Crippen molar-refractivity contribution in [2.75, 3.05) is 46.1 Å². The zero-order valence-corrected chi connectivity index (χ0v) is 53.0. The van der Waals surface area contributed by atoms with Crippen LogP contribution >= 0.6 is 0 Å². The van der Waals surface area contributed by atoms with Crippen molar-refractivity contribution >= 4 is 53.3 Å². The van der Waals surface area contributed by atoms with Crippen molar-refractivity contribution in [1.29, 1.82) is 0 Å². The van der Waals surface area contributed by atoms with Gasteiger partial charge < -0.3 is 148 Å². The van der Waals surface area contributed by atoms with Crippen LogP contribution in [0, 0.1) is 11.7 Å². The smallest absolute Gasteiger partial charge is 0.306 e. The monoisotopic (exact) mass is 1400 g/mol. The Bertz CT molecular complexity index is 3160. The number of aliphatic hydroxyl groups is 13.